The number of rotatable bonds is 8. The number of alkyl halides is 2. The summed E-state index contributed by atoms with van der Waals surface area (Å²) in [6.45, 7) is 16.1. The van der Waals surface area contributed by atoms with E-state index in [2.05, 4.69) is 41.5 Å². The summed E-state index contributed by atoms with van der Waals surface area (Å²) in [6.07, 6.45) is 0.792. The van der Waals surface area contributed by atoms with Crippen molar-refractivity contribution < 1.29 is 27.8 Å². The van der Waals surface area contributed by atoms with Crippen LogP contribution in [-0.2, 0) is 19.1 Å². The van der Waals surface area contributed by atoms with Crippen molar-refractivity contribution in [2.75, 3.05) is 13.2 Å². The monoisotopic (exact) mass is 442 g/mol. The minimum atomic E-state index is -3.02. The van der Waals surface area contributed by atoms with Gasteiger partial charge in [0.05, 0.1) is 21.3 Å². The summed E-state index contributed by atoms with van der Waals surface area (Å²) in [7, 11) is -2.55. The Morgan fingerprint density at radius 3 is 1.70 bits per heavy atom. The fourth-order valence-corrected chi connectivity index (χ4v) is 13.6. The number of allylic oxidation sites excluding steroid dienone is 4. The molecule has 2 rings (SSSR count). The molecular formula is C23H36F2O4Si. The van der Waals surface area contributed by atoms with E-state index in [1.54, 1.807) is 13.8 Å². The van der Waals surface area contributed by atoms with Gasteiger partial charge in [0.1, 0.15) is 0 Å². The minimum absolute atomic E-state index is 0.0340. The van der Waals surface area contributed by atoms with Gasteiger partial charge in [-0.2, -0.15) is 8.78 Å². The number of esters is 2. The van der Waals surface area contributed by atoms with Crippen LogP contribution in [0, 0.1) is 5.41 Å². The van der Waals surface area contributed by atoms with Crippen molar-refractivity contribution in [2.45, 2.75) is 90.8 Å². The van der Waals surface area contributed by atoms with Gasteiger partial charge in [-0.1, -0.05) is 46.7 Å². The van der Waals surface area contributed by atoms with Gasteiger partial charge in [0.2, 0.25) is 0 Å². The van der Waals surface area contributed by atoms with E-state index in [0.717, 1.165) is 6.08 Å². The van der Waals surface area contributed by atoms with Crippen LogP contribution in [0.1, 0.15) is 68.2 Å². The van der Waals surface area contributed by atoms with Crippen molar-refractivity contribution in [3.8, 4) is 0 Å². The van der Waals surface area contributed by atoms with E-state index in [9.17, 15) is 18.4 Å². The lowest BCUT2D eigenvalue weighted by Crippen LogP contribution is -2.56. The predicted octanol–water partition coefficient (Wildman–Crippen LogP) is 5.98. The Labute approximate surface area is 180 Å². The Morgan fingerprint density at radius 1 is 0.933 bits per heavy atom. The van der Waals surface area contributed by atoms with Crippen LogP contribution in [0.3, 0.4) is 0 Å². The van der Waals surface area contributed by atoms with Crippen molar-refractivity contribution in [3.63, 3.8) is 0 Å². The molecule has 7 heteroatoms. The molecule has 0 amide bonds. The molecule has 30 heavy (non-hydrogen) atoms. The number of fused-ring (bicyclic) bond motifs is 1. The zero-order chi connectivity index (χ0) is 23.1. The molecule has 0 aliphatic heterocycles. The Balaban J connectivity index is 2.82. The number of hydrogen-bond donors (Lipinski definition) is 0. The molecule has 0 unspecified atom stereocenters. The number of hydrogen-bond acceptors (Lipinski definition) is 4. The molecule has 0 bridgehead atoms. The van der Waals surface area contributed by atoms with E-state index >= 15 is 0 Å². The van der Waals surface area contributed by atoms with Gasteiger partial charge in [0.15, 0.2) is 5.41 Å². The van der Waals surface area contributed by atoms with E-state index < -0.39 is 31.4 Å². The number of ether oxygens (including phenoxy) is 2. The number of carbonyl (C=O) groups is 2. The Kier molecular flexibility index (Phi) is 7.06. The molecule has 170 valence electrons. The maximum Gasteiger partial charge on any atom is 0.324 e. The molecule has 0 spiro atoms. The summed E-state index contributed by atoms with van der Waals surface area (Å²) in [4.78, 5) is 26.2. The topological polar surface area (TPSA) is 52.6 Å². The van der Waals surface area contributed by atoms with Crippen LogP contribution in [-0.4, -0.2) is 39.1 Å². The Hall–Kier alpha value is -1.50. The Bertz CT molecular complexity index is 725. The summed E-state index contributed by atoms with van der Waals surface area (Å²) in [5.74, 6) is -4.36. The average Bonchev–Trinajstić information content (AvgIpc) is 2.59. The highest BCUT2D eigenvalue weighted by atomic mass is 28.3. The molecule has 0 aromatic heterocycles. The fourth-order valence-electron chi connectivity index (χ4n) is 6.14. The van der Waals surface area contributed by atoms with E-state index in [1.165, 1.54) is 0 Å². The van der Waals surface area contributed by atoms with E-state index in [4.69, 9.17) is 9.47 Å². The van der Waals surface area contributed by atoms with Crippen LogP contribution in [0.4, 0.5) is 8.78 Å². The first-order chi connectivity index (χ1) is 13.8. The third-order valence-corrected chi connectivity index (χ3v) is 14.2. The molecule has 0 saturated carbocycles. The van der Waals surface area contributed by atoms with Crippen molar-refractivity contribution >= 4 is 20.0 Å². The second-order valence-electron chi connectivity index (χ2n) is 9.42. The third kappa shape index (κ3) is 3.57. The van der Waals surface area contributed by atoms with Crippen LogP contribution in [0.5, 0.6) is 0 Å². The van der Waals surface area contributed by atoms with Crippen molar-refractivity contribution in [1.29, 1.82) is 0 Å². The minimum Gasteiger partial charge on any atom is -0.465 e. The summed E-state index contributed by atoms with van der Waals surface area (Å²) < 4.78 is 40.3. The maximum absolute atomic E-state index is 14.9. The molecule has 4 nitrogen and oxygen atoms in total. The molecule has 2 aliphatic carbocycles. The van der Waals surface area contributed by atoms with Gasteiger partial charge >= 0.3 is 11.9 Å². The largest absolute Gasteiger partial charge is 0.465 e. The normalized spacial score (nSPS) is 20.1. The second-order valence-corrected chi connectivity index (χ2v) is 15.4. The molecule has 0 aromatic rings. The molecule has 0 heterocycles. The maximum atomic E-state index is 14.9. The van der Waals surface area contributed by atoms with E-state index in [0.29, 0.717) is 10.8 Å². The Morgan fingerprint density at radius 2 is 1.37 bits per heavy atom. The first-order valence-electron chi connectivity index (χ1n) is 11.0. The highest BCUT2D eigenvalue weighted by molar-refractivity contribution is 6.90. The van der Waals surface area contributed by atoms with Crippen LogP contribution >= 0.6 is 0 Å². The molecule has 0 saturated heterocycles. The highest BCUT2D eigenvalue weighted by Gasteiger charge is 2.63. The van der Waals surface area contributed by atoms with Gasteiger partial charge < -0.3 is 9.47 Å². The predicted molar refractivity (Wildman–Crippen MR) is 116 cm³/mol. The van der Waals surface area contributed by atoms with Gasteiger partial charge in [0.25, 0.3) is 5.92 Å². The lowest BCUT2D eigenvalue weighted by molar-refractivity contribution is -0.172. The van der Waals surface area contributed by atoms with Crippen molar-refractivity contribution in [1.82, 2.24) is 0 Å². The lowest BCUT2D eigenvalue weighted by atomic mass is 9.67. The van der Waals surface area contributed by atoms with Crippen molar-refractivity contribution in [3.05, 3.63) is 22.4 Å². The summed E-state index contributed by atoms with van der Waals surface area (Å²) >= 11 is 0. The SMILES string of the molecule is CCOC(=O)C1(C(=O)OCC)CC2=CC(F)(F)C2=C([Si](C(C)C)(C(C)C)C(C)C)C1. The first-order valence-corrected chi connectivity index (χ1v) is 13.2. The molecule has 0 fully saturated rings. The second kappa shape index (κ2) is 8.56. The van der Waals surface area contributed by atoms with Gasteiger partial charge in [-0.3, -0.25) is 9.59 Å². The smallest absolute Gasteiger partial charge is 0.324 e. The zero-order valence-electron chi connectivity index (χ0n) is 19.5. The highest BCUT2D eigenvalue weighted by Crippen LogP contribution is 2.61. The van der Waals surface area contributed by atoms with Gasteiger partial charge in [-0.25, -0.2) is 0 Å². The number of carbonyl (C=O) groups excluding carboxylic acids is 2. The van der Waals surface area contributed by atoms with Crippen LogP contribution < -0.4 is 0 Å². The summed E-state index contributed by atoms with van der Waals surface area (Å²) in [5.41, 5.74) is -0.617. The van der Waals surface area contributed by atoms with Gasteiger partial charge in [0, 0.05) is 5.57 Å². The van der Waals surface area contributed by atoms with Crippen LogP contribution in [0.2, 0.25) is 16.6 Å². The quantitative estimate of drug-likeness (QED) is 0.263. The fraction of sp³-hybridized carbons (Fsp3) is 0.739. The molecule has 2 aliphatic rings. The average molecular weight is 443 g/mol. The zero-order valence-corrected chi connectivity index (χ0v) is 20.5. The van der Waals surface area contributed by atoms with Gasteiger partial charge in [-0.15, -0.1) is 0 Å². The molecular weight excluding hydrogens is 406 g/mol. The number of halogens is 2. The molecule has 0 aromatic carbocycles. The van der Waals surface area contributed by atoms with Crippen LogP contribution in [0.15, 0.2) is 22.4 Å². The molecule has 0 atom stereocenters. The lowest BCUT2D eigenvalue weighted by Gasteiger charge is -2.52. The van der Waals surface area contributed by atoms with E-state index in [1.807, 2.05) is 0 Å². The molecule has 0 N–H and O–H groups in total. The van der Waals surface area contributed by atoms with E-state index in [-0.39, 0.29) is 48.3 Å². The standard InChI is InChI=1S/C23H36F2O4Si/c1-9-28-20(26)22(21(27)29-10-2)11-17-12-23(24,25)19(17)18(13-22)30(14(3)4,15(5)6)16(7)8/h12,14-16H,9-11,13H2,1-8H3. The van der Waals surface area contributed by atoms with Crippen molar-refractivity contribution in [2.24, 2.45) is 5.41 Å². The van der Waals surface area contributed by atoms with Gasteiger partial charge in [-0.05, 0) is 55.0 Å². The van der Waals surface area contributed by atoms with Crippen LogP contribution in [0.25, 0.3) is 0 Å². The first kappa shape index (κ1) is 24.8. The summed E-state index contributed by atoms with van der Waals surface area (Å²) in [6, 6.07) is 0. The molecule has 0 radical (unpaired) electrons. The summed E-state index contributed by atoms with van der Waals surface area (Å²) in [5, 5.41) is 0.650. The third-order valence-electron chi connectivity index (χ3n) is 7.00.